The quantitative estimate of drug-likeness (QED) is 0.837. The molecule has 1 aliphatic heterocycles. The fourth-order valence-corrected chi connectivity index (χ4v) is 2.46. The number of hydrogen-bond donors (Lipinski definition) is 1. The summed E-state index contributed by atoms with van der Waals surface area (Å²) in [6.45, 7) is 4.78. The number of carbonyl (C=O) groups excluding carboxylic acids is 1. The smallest absolute Gasteiger partial charge is 0.320 e. The molecule has 0 bridgehead atoms. The van der Waals surface area contributed by atoms with Crippen molar-refractivity contribution in [2.75, 3.05) is 20.1 Å². The van der Waals surface area contributed by atoms with Gasteiger partial charge in [0.2, 0.25) is 0 Å². The van der Waals surface area contributed by atoms with Crippen molar-refractivity contribution in [1.82, 2.24) is 9.80 Å². The minimum absolute atomic E-state index is 0.0327. The van der Waals surface area contributed by atoms with Gasteiger partial charge in [0.05, 0.1) is 5.92 Å². The van der Waals surface area contributed by atoms with Crippen molar-refractivity contribution in [2.45, 2.75) is 45.6 Å². The number of carbonyl (C=O) groups is 2. The molecule has 0 aromatic heterocycles. The Kier molecular flexibility index (Phi) is 5.44. The standard InChI is InChI=1S/C13H24N2O3/c1-4-11-7-5-6-8-15(11)13(18)14(3)9-10(2)12(16)17/h10-11H,4-9H2,1-3H3,(H,16,17). The van der Waals surface area contributed by atoms with Gasteiger partial charge in [-0.25, -0.2) is 4.79 Å². The summed E-state index contributed by atoms with van der Waals surface area (Å²) < 4.78 is 0. The van der Waals surface area contributed by atoms with Gasteiger partial charge in [0.1, 0.15) is 0 Å². The molecule has 5 heteroatoms. The molecule has 2 unspecified atom stereocenters. The minimum atomic E-state index is -0.861. The molecule has 104 valence electrons. The van der Waals surface area contributed by atoms with Gasteiger partial charge in [0.15, 0.2) is 0 Å². The first-order valence-corrected chi connectivity index (χ1v) is 6.71. The molecule has 1 rings (SSSR count). The van der Waals surface area contributed by atoms with Gasteiger partial charge in [-0.1, -0.05) is 13.8 Å². The summed E-state index contributed by atoms with van der Waals surface area (Å²) in [7, 11) is 1.68. The van der Waals surface area contributed by atoms with Crippen molar-refractivity contribution < 1.29 is 14.7 Å². The third-order valence-corrected chi connectivity index (χ3v) is 3.64. The second kappa shape index (κ2) is 6.61. The van der Waals surface area contributed by atoms with E-state index in [1.165, 1.54) is 11.3 Å². The minimum Gasteiger partial charge on any atom is -0.481 e. The number of piperidine rings is 1. The van der Waals surface area contributed by atoms with E-state index in [1.54, 1.807) is 14.0 Å². The van der Waals surface area contributed by atoms with Crippen LogP contribution in [0, 0.1) is 5.92 Å². The van der Waals surface area contributed by atoms with Gasteiger partial charge in [0.25, 0.3) is 0 Å². The van der Waals surface area contributed by atoms with Crippen LogP contribution >= 0.6 is 0 Å². The lowest BCUT2D eigenvalue weighted by Gasteiger charge is -2.38. The Bertz CT molecular complexity index is 307. The van der Waals surface area contributed by atoms with Crippen LogP contribution < -0.4 is 0 Å². The number of nitrogens with zero attached hydrogens (tertiary/aromatic N) is 2. The normalized spacial score (nSPS) is 21.5. The number of carboxylic acid groups (broad SMARTS) is 1. The van der Waals surface area contributed by atoms with Crippen molar-refractivity contribution in [3.63, 3.8) is 0 Å². The summed E-state index contributed by atoms with van der Waals surface area (Å²) in [6.07, 6.45) is 4.25. The number of hydrogen-bond acceptors (Lipinski definition) is 2. The summed E-state index contributed by atoms with van der Waals surface area (Å²) in [5, 5.41) is 8.87. The van der Waals surface area contributed by atoms with E-state index in [-0.39, 0.29) is 12.6 Å². The molecule has 1 aliphatic rings. The molecule has 5 nitrogen and oxygen atoms in total. The van der Waals surface area contributed by atoms with Gasteiger partial charge in [0, 0.05) is 26.2 Å². The van der Waals surface area contributed by atoms with Crippen LogP contribution in [0.1, 0.15) is 39.5 Å². The summed E-state index contributed by atoms with van der Waals surface area (Å²) in [5.74, 6) is -1.39. The van der Waals surface area contributed by atoms with E-state index in [0.717, 1.165) is 25.8 Å². The van der Waals surface area contributed by atoms with Gasteiger partial charge in [-0.3, -0.25) is 4.79 Å². The van der Waals surface area contributed by atoms with E-state index in [4.69, 9.17) is 5.11 Å². The van der Waals surface area contributed by atoms with Crippen LogP contribution in [0.4, 0.5) is 4.79 Å². The second-order valence-electron chi connectivity index (χ2n) is 5.15. The Labute approximate surface area is 109 Å². The molecule has 0 aromatic rings. The van der Waals surface area contributed by atoms with Crippen LogP contribution in [-0.2, 0) is 4.79 Å². The van der Waals surface area contributed by atoms with Crippen molar-refractivity contribution in [3.8, 4) is 0 Å². The van der Waals surface area contributed by atoms with Gasteiger partial charge >= 0.3 is 12.0 Å². The van der Waals surface area contributed by atoms with Gasteiger partial charge in [-0.15, -0.1) is 0 Å². The van der Waals surface area contributed by atoms with Crippen LogP contribution in [0.3, 0.4) is 0 Å². The van der Waals surface area contributed by atoms with Gasteiger partial charge < -0.3 is 14.9 Å². The van der Waals surface area contributed by atoms with Gasteiger partial charge in [-0.05, 0) is 25.7 Å². The van der Waals surface area contributed by atoms with E-state index in [0.29, 0.717) is 6.04 Å². The average Bonchev–Trinajstić information content (AvgIpc) is 2.37. The van der Waals surface area contributed by atoms with E-state index in [2.05, 4.69) is 6.92 Å². The number of amides is 2. The predicted octanol–water partition coefficient (Wildman–Crippen LogP) is 2.02. The van der Waals surface area contributed by atoms with E-state index in [1.807, 2.05) is 4.90 Å². The van der Waals surface area contributed by atoms with Crippen molar-refractivity contribution in [2.24, 2.45) is 5.92 Å². The third kappa shape index (κ3) is 3.62. The fourth-order valence-electron chi connectivity index (χ4n) is 2.46. The topological polar surface area (TPSA) is 60.9 Å². The van der Waals surface area contributed by atoms with Crippen molar-refractivity contribution in [3.05, 3.63) is 0 Å². The Morgan fingerprint density at radius 3 is 2.67 bits per heavy atom. The van der Waals surface area contributed by atoms with E-state index in [9.17, 15) is 9.59 Å². The molecule has 1 heterocycles. The molecule has 0 radical (unpaired) electrons. The first-order valence-electron chi connectivity index (χ1n) is 6.71. The second-order valence-corrected chi connectivity index (χ2v) is 5.15. The van der Waals surface area contributed by atoms with Crippen LogP contribution in [0.15, 0.2) is 0 Å². The summed E-state index contributed by atoms with van der Waals surface area (Å²) in [6, 6.07) is 0.281. The van der Waals surface area contributed by atoms with E-state index < -0.39 is 11.9 Å². The Balaban J connectivity index is 2.58. The number of likely N-dealkylation sites (tertiary alicyclic amines) is 1. The average molecular weight is 256 g/mol. The molecular formula is C13H24N2O3. The molecule has 1 saturated heterocycles. The molecule has 0 spiro atoms. The molecule has 2 amide bonds. The maximum atomic E-state index is 12.3. The van der Waals surface area contributed by atoms with Crippen molar-refractivity contribution in [1.29, 1.82) is 0 Å². The molecule has 0 aliphatic carbocycles. The highest BCUT2D eigenvalue weighted by molar-refractivity contribution is 5.76. The maximum absolute atomic E-state index is 12.3. The zero-order valence-electron chi connectivity index (χ0n) is 11.6. The van der Waals surface area contributed by atoms with Gasteiger partial charge in [-0.2, -0.15) is 0 Å². The SMILES string of the molecule is CCC1CCCCN1C(=O)N(C)CC(C)C(=O)O. The van der Waals surface area contributed by atoms with Crippen LogP contribution in [0.25, 0.3) is 0 Å². The highest BCUT2D eigenvalue weighted by Gasteiger charge is 2.28. The Morgan fingerprint density at radius 2 is 2.11 bits per heavy atom. The lowest BCUT2D eigenvalue weighted by atomic mass is 10.0. The number of urea groups is 1. The maximum Gasteiger partial charge on any atom is 0.320 e. The Morgan fingerprint density at radius 1 is 1.44 bits per heavy atom. The first kappa shape index (κ1) is 14.8. The van der Waals surface area contributed by atoms with Crippen LogP contribution in [0.2, 0.25) is 0 Å². The fraction of sp³-hybridized carbons (Fsp3) is 0.846. The van der Waals surface area contributed by atoms with Crippen molar-refractivity contribution >= 4 is 12.0 Å². The molecule has 0 aromatic carbocycles. The zero-order chi connectivity index (χ0) is 13.7. The summed E-state index contributed by atoms with van der Waals surface area (Å²) in [5.41, 5.74) is 0. The summed E-state index contributed by atoms with van der Waals surface area (Å²) >= 11 is 0. The molecule has 0 saturated carbocycles. The molecular weight excluding hydrogens is 232 g/mol. The Hall–Kier alpha value is -1.26. The lowest BCUT2D eigenvalue weighted by Crippen LogP contribution is -2.50. The number of aliphatic carboxylic acids is 1. The highest BCUT2D eigenvalue weighted by atomic mass is 16.4. The molecule has 1 fully saturated rings. The molecule has 2 atom stereocenters. The lowest BCUT2D eigenvalue weighted by molar-refractivity contribution is -0.141. The zero-order valence-corrected chi connectivity index (χ0v) is 11.6. The first-order chi connectivity index (χ1) is 8.47. The largest absolute Gasteiger partial charge is 0.481 e. The van der Waals surface area contributed by atoms with E-state index >= 15 is 0 Å². The highest BCUT2D eigenvalue weighted by Crippen LogP contribution is 2.20. The number of rotatable bonds is 4. The molecule has 1 N–H and O–H groups in total. The summed E-state index contributed by atoms with van der Waals surface area (Å²) in [4.78, 5) is 26.5. The molecule has 18 heavy (non-hydrogen) atoms. The van der Waals surface area contributed by atoms with Crippen LogP contribution in [-0.4, -0.2) is 53.1 Å². The predicted molar refractivity (Wildman–Crippen MR) is 69.5 cm³/mol. The monoisotopic (exact) mass is 256 g/mol. The third-order valence-electron chi connectivity index (χ3n) is 3.64. The number of carboxylic acids is 1. The van der Waals surface area contributed by atoms with Crippen LogP contribution in [0.5, 0.6) is 0 Å².